The van der Waals surface area contributed by atoms with Crippen molar-refractivity contribution in [2.24, 2.45) is 52.3 Å². The number of ether oxygens (including phenoxy) is 3. The molecule has 0 bridgehead atoms. The van der Waals surface area contributed by atoms with Gasteiger partial charge in [-0.05, 0) is 178 Å². The highest BCUT2D eigenvalue weighted by Crippen LogP contribution is 2.67. The number of rotatable bonds is 19. The third-order valence-corrected chi connectivity index (χ3v) is 15.9. The predicted molar refractivity (Wildman–Crippen MR) is 249 cm³/mol. The second-order valence-corrected chi connectivity index (χ2v) is 23.2. The Morgan fingerprint density at radius 3 is 1.92 bits per heavy atom. The molecule has 11 atom stereocenters. The summed E-state index contributed by atoms with van der Waals surface area (Å²) in [5, 5.41) is 5.72. The molecule has 4 aliphatic carbocycles. The van der Waals surface area contributed by atoms with Gasteiger partial charge in [-0.1, -0.05) is 66.0 Å². The Labute approximate surface area is 377 Å². The van der Waals surface area contributed by atoms with E-state index in [0.717, 1.165) is 60.7 Å². The van der Waals surface area contributed by atoms with Crippen LogP contribution in [0.25, 0.3) is 0 Å². The van der Waals surface area contributed by atoms with Crippen molar-refractivity contribution in [3.05, 3.63) is 11.6 Å². The SMILES string of the molecule is CC[C@H](CC[C@@H](C)C1CCC2C3CC=C4CC(OC(=O)CCCC(=O)N(CCC(C)NC(=O)OC(C)(C)C)CCC(C)NC(=O)OC(C)(C)C)CCC4(C)C3CCC21C)C(C)C. The van der Waals surface area contributed by atoms with Crippen LogP contribution in [-0.4, -0.2) is 71.4 Å². The minimum atomic E-state index is -0.611. The molecule has 0 aromatic heterocycles. The Balaban J connectivity index is 1.28. The Morgan fingerprint density at radius 1 is 0.774 bits per heavy atom. The van der Waals surface area contributed by atoms with E-state index in [0.29, 0.717) is 37.8 Å². The number of esters is 1. The van der Waals surface area contributed by atoms with Crippen molar-refractivity contribution in [3.8, 4) is 0 Å². The third kappa shape index (κ3) is 14.4. The van der Waals surface area contributed by atoms with Crippen LogP contribution in [0.3, 0.4) is 0 Å². The van der Waals surface area contributed by atoms with E-state index in [1.165, 1.54) is 56.9 Å². The first-order valence-electron chi connectivity index (χ1n) is 25.0. The second kappa shape index (κ2) is 21.9. The summed E-state index contributed by atoms with van der Waals surface area (Å²) in [5.41, 5.74) is 0.950. The largest absolute Gasteiger partial charge is 0.462 e. The zero-order chi connectivity index (χ0) is 46.2. The average Bonchev–Trinajstić information content (AvgIpc) is 3.50. The molecule has 0 aromatic carbocycles. The molecule has 4 rings (SSSR count). The lowest BCUT2D eigenvalue weighted by Gasteiger charge is -2.58. The summed E-state index contributed by atoms with van der Waals surface area (Å²) >= 11 is 0. The van der Waals surface area contributed by atoms with Gasteiger partial charge in [0.1, 0.15) is 17.3 Å². The summed E-state index contributed by atoms with van der Waals surface area (Å²) in [6.07, 6.45) is 16.8. The Kier molecular flexibility index (Phi) is 18.3. The van der Waals surface area contributed by atoms with Crippen LogP contribution in [0, 0.1) is 52.3 Å². The molecule has 9 unspecified atom stereocenters. The van der Waals surface area contributed by atoms with Crippen LogP contribution in [-0.2, 0) is 23.8 Å². The number of alkyl carbamates (subject to hydrolysis) is 2. The van der Waals surface area contributed by atoms with Crippen molar-refractivity contribution in [2.45, 2.75) is 229 Å². The Bertz CT molecular complexity index is 1490. The topological polar surface area (TPSA) is 123 Å². The van der Waals surface area contributed by atoms with E-state index in [1.807, 2.05) is 55.4 Å². The monoisotopic (exact) mass is 870 g/mol. The maximum absolute atomic E-state index is 13.6. The zero-order valence-corrected chi connectivity index (χ0v) is 41.9. The molecule has 0 aromatic rings. The number of hydrogen-bond donors (Lipinski definition) is 2. The summed E-state index contributed by atoms with van der Waals surface area (Å²) in [6, 6.07) is -0.453. The van der Waals surface area contributed by atoms with Gasteiger partial charge in [0.25, 0.3) is 0 Å². The molecule has 0 heterocycles. The van der Waals surface area contributed by atoms with E-state index >= 15 is 0 Å². The Morgan fingerprint density at radius 2 is 1.37 bits per heavy atom. The van der Waals surface area contributed by atoms with Crippen LogP contribution >= 0.6 is 0 Å². The number of carbonyl (C=O) groups excluding carboxylic acids is 4. The van der Waals surface area contributed by atoms with E-state index in [-0.39, 0.29) is 48.3 Å². The lowest BCUT2D eigenvalue weighted by molar-refractivity contribution is -0.151. The molecule has 10 nitrogen and oxygen atoms in total. The van der Waals surface area contributed by atoms with Gasteiger partial charge in [0, 0.05) is 44.4 Å². The van der Waals surface area contributed by atoms with Gasteiger partial charge in [0.05, 0.1) is 0 Å². The van der Waals surface area contributed by atoms with Gasteiger partial charge in [-0.25, -0.2) is 9.59 Å². The first-order valence-corrected chi connectivity index (χ1v) is 25.0. The highest BCUT2D eigenvalue weighted by Gasteiger charge is 2.59. The molecule has 0 aliphatic heterocycles. The normalized spacial score (nSPS) is 29.1. The van der Waals surface area contributed by atoms with Gasteiger partial charge in [-0.3, -0.25) is 9.59 Å². The Hall–Kier alpha value is -2.78. The van der Waals surface area contributed by atoms with Gasteiger partial charge in [-0.2, -0.15) is 0 Å². The van der Waals surface area contributed by atoms with Crippen molar-refractivity contribution in [2.75, 3.05) is 13.1 Å². The van der Waals surface area contributed by atoms with E-state index in [9.17, 15) is 19.2 Å². The molecule has 2 N–H and O–H groups in total. The molecule has 10 heteroatoms. The number of amides is 3. The van der Waals surface area contributed by atoms with E-state index in [2.05, 4.69) is 58.3 Å². The molecule has 62 heavy (non-hydrogen) atoms. The molecule has 3 fully saturated rings. The van der Waals surface area contributed by atoms with E-state index in [4.69, 9.17) is 14.2 Å². The minimum absolute atomic E-state index is 0.0648. The number of fused-ring (bicyclic) bond motifs is 5. The number of nitrogens with zero attached hydrogens (tertiary/aromatic N) is 1. The minimum Gasteiger partial charge on any atom is -0.462 e. The molecule has 3 amide bonds. The average molecular weight is 870 g/mol. The fourth-order valence-corrected chi connectivity index (χ4v) is 12.4. The smallest absolute Gasteiger partial charge is 0.407 e. The fourth-order valence-electron chi connectivity index (χ4n) is 12.4. The molecule has 0 spiro atoms. The third-order valence-electron chi connectivity index (χ3n) is 15.9. The van der Waals surface area contributed by atoms with Crippen molar-refractivity contribution >= 4 is 24.1 Å². The summed E-state index contributed by atoms with van der Waals surface area (Å²) in [4.78, 5) is 53.4. The molecular weight excluding hydrogens is 779 g/mol. The molecular formula is C52H91N3O7. The molecule has 0 radical (unpaired) electrons. The van der Waals surface area contributed by atoms with Gasteiger partial charge < -0.3 is 29.7 Å². The molecule has 356 valence electrons. The summed E-state index contributed by atoms with van der Waals surface area (Å²) in [5.74, 6) is 5.28. The number of nitrogens with one attached hydrogen (secondary N) is 2. The number of hydrogen-bond acceptors (Lipinski definition) is 7. The van der Waals surface area contributed by atoms with Crippen LogP contribution in [0.1, 0.15) is 200 Å². The van der Waals surface area contributed by atoms with Gasteiger partial charge in [0.2, 0.25) is 5.91 Å². The first kappa shape index (κ1) is 51.9. The zero-order valence-electron chi connectivity index (χ0n) is 41.9. The lowest BCUT2D eigenvalue weighted by Crippen LogP contribution is -2.51. The summed E-state index contributed by atoms with van der Waals surface area (Å²) in [6.45, 7) is 30.4. The van der Waals surface area contributed by atoms with Crippen molar-refractivity contribution in [3.63, 3.8) is 0 Å². The van der Waals surface area contributed by atoms with Crippen molar-refractivity contribution in [1.29, 1.82) is 0 Å². The quantitative estimate of drug-likeness (QED) is 0.0753. The lowest BCUT2D eigenvalue weighted by atomic mass is 9.47. The highest BCUT2D eigenvalue weighted by molar-refractivity contribution is 5.77. The number of carbonyl (C=O) groups is 4. The van der Waals surface area contributed by atoms with Crippen molar-refractivity contribution < 1.29 is 33.4 Å². The van der Waals surface area contributed by atoms with Crippen LogP contribution in [0.4, 0.5) is 9.59 Å². The molecule has 0 saturated heterocycles. The number of allylic oxidation sites excluding steroid dienone is 1. The van der Waals surface area contributed by atoms with Gasteiger partial charge in [0.15, 0.2) is 0 Å². The van der Waals surface area contributed by atoms with E-state index < -0.39 is 23.4 Å². The summed E-state index contributed by atoms with van der Waals surface area (Å²) in [7, 11) is 0. The van der Waals surface area contributed by atoms with Gasteiger partial charge >= 0.3 is 18.2 Å². The van der Waals surface area contributed by atoms with Crippen LogP contribution in [0.2, 0.25) is 0 Å². The predicted octanol–water partition coefficient (Wildman–Crippen LogP) is 12.2. The fraction of sp³-hybridized carbons (Fsp3) is 0.885. The standard InChI is InChI=1S/C52H91N3O7/c1-15-38(34(2)3)20-19-35(4)42-23-24-43-41-22-21-39-33-40(25-29-51(39,13)44(41)26-30-52(42,43)14)60-46(57)18-16-17-45(56)55(31-27-36(5)53-47(58)61-49(7,8)9)32-28-37(6)54-48(59)62-50(10,11)12/h21,34-38,40-44H,15-20,22-33H2,1-14H3,(H,53,58)(H,54,59)/t35-,36?,37?,38-,40?,41?,42?,43?,44?,51?,52?/m1/s1. The van der Waals surface area contributed by atoms with Crippen LogP contribution in [0.5, 0.6) is 0 Å². The first-order chi connectivity index (χ1) is 28.8. The summed E-state index contributed by atoms with van der Waals surface area (Å²) < 4.78 is 17.0. The maximum atomic E-state index is 13.6. The highest BCUT2D eigenvalue weighted by atomic mass is 16.6. The maximum Gasteiger partial charge on any atom is 0.407 e. The van der Waals surface area contributed by atoms with Crippen molar-refractivity contribution in [1.82, 2.24) is 15.5 Å². The van der Waals surface area contributed by atoms with E-state index in [1.54, 1.807) is 4.90 Å². The van der Waals surface area contributed by atoms with Crippen LogP contribution in [0.15, 0.2) is 11.6 Å². The molecule has 3 saturated carbocycles. The molecule has 4 aliphatic rings. The second-order valence-electron chi connectivity index (χ2n) is 23.2. The van der Waals surface area contributed by atoms with Gasteiger partial charge in [-0.15, -0.1) is 0 Å². The van der Waals surface area contributed by atoms with Crippen LogP contribution < -0.4 is 10.6 Å².